The lowest BCUT2D eigenvalue weighted by molar-refractivity contribution is 0.0179. The van der Waals surface area contributed by atoms with Crippen molar-refractivity contribution in [3.63, 3.8) is 0 Å². The summed E-state index contributed by atoms with van der Waals surface area (Å²) in [5.41, 5.74) is 0.751. The van der Waals surface area contributed by atoms with Gasteiger partial charge >= 0.3 is 0 Å². The molecule has 0 aromatic heterocycles. The molecule has 0 aliphatic rings. The molecule has 3 heteroatoms. The molecule has 0 spiro atoms. The molecule has 0 bridgehead atoms. The Hall–Kier alpha value is -1.09. The Kier molecular flexibility index (Phi) is 4.00. The van der Waals surface area contributed by atoms with Crippen molar-refractivity contribution in [2.24, 2.45) is 0 Å². The zero-order chi connectivity index (χ0) is 12.3. The topological polar surface area (TPSA) is 40.5 Å². The highest BCUT2D eigenvalue weighted by Gasteiger charge is 2.19. The maximum absolute atomic E-state index is 10.1. The second kappa shape index (κ2) is 5.50. The molecule has 0 heterocycles. The van der Waals surface area contributed by atoms with Gasteiger partial charge < -0.3 is 10.2 Å². The number of rotatable bonds is 4. The predicted octanol–water partition coefficient (Wildman–Crippen LogP) is 2.86. The smallest absolute Gasteiger partial charge is 0.105 e. The van der Waals surface area contributed by atoms with Gasteiger partial charge in [-0.25, -0.2) is 0 Å². The molecule has 2 aromatic rings. The molecule has 0 radical (unpaired) electrons. The third kappa shape index (κ3) is 2.60. The van der Waals surface area contributed by atoms with Gasteiger partial charge in [0, 0.05) is 5.88 Å². The van der Waals surface area contributed by atoms with E-state index in [4.69, 9.17) is 11.6 Å². The Balaban J connectivity index is 2.41. The van der Waals surface area contributed by atoms with Gasteiger partial charge in [-0.15, -0.1) is 11.6 Å². The summed E-state index contributed by atoms with van der Waals surface area (Å²) in [5.74, 6) is 0.336. The molecule has 0 aliphatic carbocycles. The first-order valence-corrected chi connectivity index (χ1v) is 6.17. The third-order valence-corrected chi connectivity index (χ3v) is 3.13. The van der Waals surface area contributed by atoms with Crippen LogP contribution in [0, 0.1) is 0 Å². The summed E-state index contributed by atoms with van der Waals surface area (Å²) >= 11 is 5.58. The van der Waals surface area contributed by atoms with Gasteiger partial charge in [0.05, 0.1) is 6.10 Å². The van der Waals surface area contributed by atoms with E-state index in [1.807, 2.05) is 42.5 Å². The van der Waals surface area contributed by atoms with E-state index in [9.17, 15) is 10.2 Å². The molecule has 0 fully saturated rings. The van der Waals surface area contributed by atoms with Crippen molar-refractivity contribution in [1.29, 1.82) is 0 Å². The number of aliphatic hydroxyl groups excluding tert-OH is 2. The van der Waals surface area contributed by atoms with Crippen LogP contribution in [0.5, 0.6) is 0 Å². The highest BCUT2D eigenvalue weighted by molar-refractivity contribution is 6.17. The molecule has 0 aliphatic heterocycles. The van der Waals surface area contributed by atoms with Crippen LogP contribution in [0.25, 0.3) is 10.8 Å². The molecule has 0 amide bonds. The van der Waals surface area contributed by atoms with Gasteiger partial charge in [0.2, 0.25) is 0 Å². The summed E-state index contributed by atoms with van der Waals surface area (Å²) in [6, 6.07) is 13.5. The quantitative estimate of drug-likeness (QED) is 0.820. The van der Waals surface area contributed by atoms with Gasteiger partial charge in [0.1, 0.15) is 6.10 Å². The monoisotopic (exact) mass is 250 g/mol. The van der Waals surface area contributed by atoms with Gasteiger partial charge in [-0.2, -0.15) is 0 Å². The number of hydrogen-bond acceptors (Lipinski definition) is 2. The van der Waals surface area contributed by atoms with Crippen molar-refractivity contribution >= 4 is 22.4 Å². The molecule has 2 N–H and O–H groups in total. The largest absolute Gasteiger partial charge is 0.390 e. The summed E-state index contributed by atoms with van der Waals surface area (Å²) in [6.45, 7) is 0. The number of aliphatic hydroxyl groups is 2. The first-order chi connectivity index (χ1) is 8.24. The number of hydrogen-bond donors (Lipinski definition) is 2. The van der Waals surface area contributed by atoms with Gasteiger partial charge in [-0.05, 0) is 22.8 Å². The van der Waals surface area contributed by atoms with Gasteiger partial charge in [0.15, 0.2) is 0 Å². The van der Waals surface area contributed by atoms with E-state index >= 15 is 0 Å². The maximum Gasteiger partial charge on any atom is 0.105 e. The van der Waals surface area contributed by atoms with Crippen LogP contribution in [-0.4, -0.2) is 22.2 Å². The molecule has 0 saturated carbocycles. The average Bonchev–Trinajstić information content (AvgIpc) is 2.37. The summed E-state index contributed by atoms with van der Waals surface area (Å²) in [4.78, 5) is 0. The van der Waals surface area contributed by atoms with Crippen LogP contribution in [0.2, 0.25) is 0 Å². The third-order valence-electron chi connectivity index (χ3n) is 2.91. The summed E-state index contributed by atoms with van der Waals surface area (Å²) in [5, 5.41) is 21.9. The van der Waals surface area contributed by atoms with Gasteiger partial charge in [-0.3, -0.25) is 0 Å². The average molecular weight is 251 g/mol. The van der Waals surface area contributed by atoms with Crippen molar-refractivity contribution < 1.29 is 10.2 Å². The van der Waals surface area contributed by atoms with Crippen LogP contribution in [0.15, 0.2) is 42.5 Å². The highest BCUT2D eigenvalue weighted by atomic mass is 35.5. The molecule has 2 atom stereocenters. The lowest BCUT2D eigenvalue weighted by atomic mass is 9.96. The zero-order valence-electron chi connectivity index (χ0n) is 9.38. The molecule has 90 valence electrons. The van der Waals surface area contributed by atoms with Crippen LogP contribution >= 0.6 is 11.6 Å². The van der Waals surface area contributed by atoms with Crippen molar-refractivity contribution in [2.45, 2.75) is 18.6 Å². The van der Waals surface area contributed by atoms with Gasteiger partial charge in [-0.1, -0.05) is 42.5 Å². The highest BCUT2D eigenvalue weighted by Crippen LogP contribution is 2.27. The van der Waals surface area contributed by atoms with Crippen LogP contribution in [0.4, 0.5) is 0 Å². The minimum absolute atomic E-state index is 0.336. The maximum atomic E-state index is 10.1. The molecule has 2 aromatic carbocycles. The molecule has 17 heavy (non-hydrogen) atoms. The Morgan fingerprint density at radius 1 is 1.00 bits per heavy atom. The second-order valence-electron chi connectivity index (χ2n) is 4.06. The predicted molar refractivity (Wildman–Crippen MR) is 70.3 cm³/mol. The van der Waals surface area contributed by atoms with Crippen LogP contribution in [0.1, 0.15) is 18.1 Å². The SMILES string of the molecule is OC(CCCl)C(O)c1cccc2ccccc12. The molecule has 2 rings (SSSR count). The summed E-state index contributed by atoms with van der Waals surface area (Å²) in [7, 11) is 0. The van der Waals surface area contributed by atoms with E-state index < -0.39 is 12.2 Å². The Labute approximate surface area is 105 Å². The van der Waals surface area contributed by atoms with Crippen molar-refractivity contribution in [1.82, 2.24) is 0 Å². The number of benzene rings is 2. The fourth-order valence-electron chi connectivity index (χ4n) is 1.99. The van der Waals surface area contributed by atoms with E-state index in [0.29, 0.717) is 12.3 Å². The first-order valence-electron chi connectivity index (χ1n) is 5.64. The zero-order valence-corrected chi connectivity index (χ0v) is 10.1. The normalized spacial score (nSPS) is 14.8. The fourth-order valence-corrected chi connectivity index (χ4v) is 2.21. The van der Waals surface area contributed by atoms with Crippen molar-refractivity contribution in [3.05, 3.63) is 48.0 Å². The first kappa shape index (κ1) is 12.4. The molecule has 2 nitrogen and oxygen atoms in total. The summed E-state index contributed by atoms with van der Waals surface area (Å²) in [6.07, 6.45) is -1.33. The number of halogens is 1. The van der Waals surface area contributed by atoms with Crippen LogP contribution < -0.4 is 0 Å². The molecule has 0 saturated heterocycles. The van der Waals surface area contributed by atoms with E-state index in [-0.39, 0.29) is 0 Å². The molecule has 2 unspecified atom stereocenters. The van der Waals surface area contributed by atoms with E-state index in [2.05, 4.69) is 0 Å². The van der Waals surface area contributed by atoms with E-state index in [1.165, 1.54) is 0 Å². The lowest BCUT2D eigenvalue weighted by Crippen LogP contribution is -2.18. The Morgan fingerprint density at radius 2 is 1.71 bits per heavy atom. The molecular weight excluding hydrogens is 236 g/mol. The van der Waals surface area contributed by atoms with Crippen molar-refractivity contribution in [3.8, 4) is 0 Å². The fraction of sp³-hybridized carbons (Fsp3) is 0.286. The minimum Gasteiger partial charge on any atom is -0.390 e. The Bertz CT molecular complexity index is 493. The van der Waals surface area contributed by atoms with Crippen LogP contribution in [0.3, 0.4) is 0 Å². The minimum atomic E-state index is -0.889. The number of fused-ring (bicyclic) bond motifs is 1. The summed E-state index contributed by atoms with van der Waals surface area (Å²) < 4.78 is 0. The van der Waals surface area contributed by atoms with E-state index in [0.717, 1.165) is 16.3 Å². The Morgan fingerprint density at radius 3 is 2.47 bits per heavy atom. The van der Waals surface area contributed by atoms with Crippen LogP contribution in [-0.2, 0) is 0 Å². The van der Waals surface area contributed by atoms with E-state index in [1.54, 1.807) is 0 Å². The second-order valence-corrected chi connectivity index (χ2v) is 4.44. The molecular formula is C14H15ClO2. The lowest BCUT2D eigenvalue weighted by Gasteiger charge is -2.18. The number of alkyl halides is 1. The van der Waals surface area contributed by atoms with Gasteiger partial charge in [0.25, 0.3) is 0 Å². The standard InChI is InChI=1S/C14H15ClO2/c15-9-8-13(16)14(17)12-7-3-5-10-4-1-2-6-11(10)12/h1-7,13-14,16-17H,8-9H2. The van der Waals surface area contributed by atoms with Crippen molar-refractivity contribution in [2.75, 3.05) is 5.88 Å².